The maximum Gasteiger partial charge on any atom is 0.103 e. The number of hydrogen-bond acceptors (Lipinski definition) is 3. The average Bonchev–Trinajstić information content (AvgIpc) is 2.17. The van der Waals surface area contributed by atoms with Crippen LogP contribution in [-0.2, 0) is 0 Å². The summed E-state index contributed by atoms with van der Waals surface area (Å²) in [6.45, 7) is 2.82. The van der Waals surface area contributed by atoms with Gasteiger partial charge in [-0.25, -0.2) is 0 Å². The van der Waals surface area contributed by atoms with E-state index in [9.17, 15) is 0 Å². The number of nitrogens with zero attached hydrogens (tertiary/aromatic N) is 1. The fourth-order valence-electron chi connectivity index (χ4n) is 1.19. The summed E-state index contributed by atoms with van der Waals surface area (Å²) in [4.78, 5) is 2.54. The van der Waals surface area contributed by atoms with Crippen LogP contribution < -0.4 is 11.5 Å². The highest BCUT2D eigenvalue weighted by molar-refractivity contribution is 7.80. The van der Waals surface area contributed by atoms with E-state index in [0.717, 1.165) is 17.8 Å². The van der Waals surface area contributed by atoms with Crippen molar-refractivity contribution < 1.29 is 0 Å². The Morgan fingerprint density at radius 2 is 2.27 bits per heavy atom. The molecule has 1 aliphatic rings. The van der Waals surface area contributed by atoms with E-state index in [1.54, 1.807) is 0 Å². The van der Waals surface area contributed by atoms with Crippen LogP contribution in [0.15, 0.2) is 11.3 Å². The van der Waals surface area contributed by atoms with Gasteiger partial charge in [0, 0.05) is 23.9 Å². The lowest BCUT2D eigenvalue weighted by Gasteiger charge is -2.14. The summed E-state index contributed by atoms with van der Waals surface area (Å²) < 4.78 is 0. The number of rotatable bonds is 1. The van der Waals surface area contributed by atoms with Crippen molar-refractivity contribution in [2.75, 3.05) is 13.6 Å². The summed E-state index contributed by atoms with van der Waals surface area (Å²) in [6.07, 6.45) is 0. The van der Waals surface area contributed by atoms with Crippen molar-refractivity contribution in [3.63, 3.8) is 0 Å². The summed E-state index contributed by atoms with van der Waals surface area (Å²) in [5, 5.41) is 0. The summed E-state index contributed by atoms with van der Waals surface area (Å²) in [5.41, 5.74) is 13.0. The summed E-state index contributed by atoms with van der Waals surface area (Å²) in [6, 6.07) is 0.270. The molecule has 0 fully saturated rings. The second-order valence-corrected chi connectivity index (χ2v) is 3.33. The molecule has 11 heavy (non-hydrogen) atoms. The van der Waals surface area contributed by atoms with Crippen molar-refractivity contribution in [1.82, 2.24) is 4.90 Å². The van der Waals surface area contributed by atoms with E-state index in [0.29, 0.717) is 4.99 Å². The standard InChI is InChI=1S/C7H13N3S/c1-4-6(8)5(7(9)11)3-10(4)2/h4H,3,8H2,1-2H3,(H2,9,11). The van der Waals surface area contributed by atoms with Crippen LogP contribution in [0.4, 0.5) is 0 Å². The highest BCUT2D eigenvalue weighted by atomic mass is 32.1. The molecule has 1 heterocycles. The van der Waals surface area contributed by atoms with Gasteiger partial charge in [0.15, 0.2) is 0 Å². The molecule has 0 aromatic carbocycles. The van der Waals surface area contributed by atoms with Gasteiger partial charge in [0.2, 0.25) is 0 Å². The monoisotopic (exact) mass is 171 g/mol. The Bertz CT molecular complexity index is 222. The molecule has 1 aliphatic heterocycles. The molecule has 0 amide bonds. The van der Waals surface area contributed by atoms with Crippen LogP contribution in [0.2, 0.25) is 0 Å². The molecule has 1 unspecified atom stereocenters. The van der Waals surface area contributed by atoms with E-state index in [1.165, 1.54) is 0 Å². The molecule has 1 atom stereocenters. The third kappa shape index (κ3) is 1.36. The molecule has 4 N–H and O–H groups in total. The lowest BCUT2D eigenvalue weighted by Crippen LogP contribution is -2.27. The van der Waals surface area contributed by atoms with Crippen molar-refractivity contribution >= 4 is 17.2 Å². The van der Waals surface area contributed by atoms with Gasteiger partial charge in [-0.3, -0.25) is 4.90 Å². The first-order valence-electron chi connectivity index (χ1n) is 3.52. The minimum Gasteiger partial charge on any atom is -0.400 e. The summed E-state index contributed by atoms with van der Waals surface area (Å²) >= 11 is 4.85. The second-order valence-electron chi connectivity index (χ2n) is 2.89. The minimum atomic E-state index is 0.270. The number of nitrogens with two attached hydrogens (primary N) is 2. The van der Waals surface area contributed by atoms with E-state index in [1.807, 2.05) is 14.0 Å². The molecule has 0 aliphatic carbocycles. The third-order valence-corrected chi connectivity index (χ3v) is 2.41. The molecule has 4 heteroatoms. The molecule has 1 rings (SSSR count). The first kappa shape index (κ1) is 8.49. The van der Waals surface area contributed by atoms with Crippen LogP contribution in [0.5, 0.6) is 0 Å². The molecular weight excluding hydrogens is 158 g/mol. The maximum atomic E-state index is 5.78. The van der Waals surface area contributed by atoms with E-state index in [2.05, 4.69) is 4.90 Å². The summed E-state index contributed by atoms with van der Waals surface area (Å²) in [5.74, 6) is 0. The molecule has 3 nitrogen and oxygen atoms in total. The van der Waals surface area contributed by atoms with Crippen molar-refractivity contribution in [1.29, 1.82) is 0 Å². The molecule has 0 spiro atoms. The number of thiocarbonyl (C=S) groups is 1. The van der Waals surface area contributed by atoms with E-state index in [4.69, 9.17) is 23.7 Å². The van der Waals surface area contributed by atoms with Gasteiger partial charge in [-0.2, -0.15) is 0 Å². The average molecular weight is 171 g/mol. The fraction of sp³-hybridized carbons (Fsp3) is 0.571. The van der Waals surface area contributed by atoms with Crippen molar-refractivity contribution in [2.24, 2.45) is 11.5 Å². The Morgan fingerprint density at radius 3 is 2.45 bits per heavy atom. The predicted octanol–water partition coefficient (Wildman–Crippen LogP) is -0.181. The number of likely N-dealkylation sites (N-methyl/N-ethyl adjacent to an activating group) is 1. The zero-order chi connectivity index (χ0) is 8.59. The maximum absolute atomic E-state index is 5.78. The Balaban J connectivity index is 2.89. The Morgan fingerprint density at radius 1 is 1.73 bits per heavy atom. The van der Waals surface area contributed by atoms with Gasteiger partial charge in [-0.05, 0) is 14.0 Å². The summed E-state index contributed by atoms with van der Waals surface area (Å²) in [7, 11) is 2.00. The van der Waals surface area contributed by atoms with Gasteiger partial charge >= 0.3 is 0 Å². The quantitative estimate of drug-likeness (QED) is 0.537. The van der Waals surface area contributed by atoms with Crippen molar-refractivity contribution in [3.8, 4) is 0 Å². The lowest BCUT2D eigenvalue weighted by atomic mass is 10.2. The van der Waals surface area contributed by atoms with Gasteiger partial charge in [-0.1, -0.05) is 12.2 Å². The molecule has 0 saturated heterocycles. The Labute approximate surface area is 72.0 Å². The van der Waals surface area contributed by atoms with Crippen LogP contribution in [0.25, 0.3) is 0 Å². The molecule has 0 saturated carbocycles. The highest BCUT2D eigenvalue weighted by Crippen LogP contribution is 2.18. The third-order valence-electron chi connectivity index (χ3n) is 2.16. The SMILES string of the molecule is CC1C(N)=C(C(N)=S)CN1C. The van der Waals surface area contributed by atoms with Crippen LogP contribution in [0, 0.1) is 0 Å². The number of hydrogen-bond donors (Lipinski definition) is 2. The Kier molecular flexibility index (Phi) is 2.15. The van der Waals surface area contributed by atoms with Crippen molar-refractivity contribution in [2.45, 2.75) is 13.0 Å². The normalized spacial score (nSPS) is 26.2. The molecule has 0 bridgehead atoms. The zero-order valence-corrected chi connectivity index (χ0v) is 7.61. The van der Waals surface area contributed by atoms with E-state index in [-0.39, 0.29) is 6.04 Å². The van der Waals surface area contributed by atoms with E-state index < -0.39 is 0 Å². The smallest absolute Gasteiger partial charge is 0.103 e. The molecule has 0 aromatic rings. The molecule has 62 valence electrons. The van der Waals surface area contributed by atoms with Gasteiger partial charge in [0.05, 0.1) is 0 Å². The minimum absolute atomic E-state index is 0.270. The zero-order valence-electron chi connectivity index (χ0n) is 6.79. The van der Waals surface area contributed by atoms with Crippen molar-refractivity contribution in [3.05, 3.63) is 11.3 Å². The van der Waals surface area contributed by atoms with Gasteiger partial charge in [0.1, 0.15) is 4.99 Å². The van der Waals surface area contributed by atoms with Crippen LogP contribution in [0.1, 0.15) is 6.92 Å². The largest absolute Gasteiger partial charge is 0.400 e. The van der Waals surface area contributed by atoms with Gasteiger partial charge in [0.25, 0.3) is 0 Å². The van der Waals surface area contributed by atoms with Crippen LogP contribution >= 0.6 is 12.2 Å². The topological polar surface area (TPSA) is 55.3 Å². The molecule has 0 radical (unpaired) electrons. The van der Waals surface area contributed by atoms with Crippen LogP contribution in [-0.4, -0.2) is 29.5 Å². The fourth-order valence-corrected chi connectivity index (χ4v) is 1.37. The van der Waals surface area contributed by atoms with Gasteiger partial charge in [-0.15, -0.1) is 0 Å². The molecule has 0 aromatic heterocycles. The van der Waals surface area contributed by atoms with E-state index >= 15 is 0 Å². The lowest BCUT2D eigenvalue weighted by molar-refractivity contribution is 0.341. The molecular formula is C7H13N3S. The van der Waals surface area contributed by atoms with Gasteiger partial charge < -0.3 is 11.5 Å². The second kappa shape index (κ2) is 2.79. The first-order valence-corrected chi connectivity index (χ1v) is 3.93. The highest BCUT2D eigenvalue weighted by Gasteiger charge is 2.25. The van der Waals surface area contributed by atoms with Crippen LogP contribution in [0.3, 0.4) is 0 Å². The first-order chi connectivity index (χ1) is 5.04. The Hall–Kier alpha value is -0.610. The predicted molar refractivity (Wildman–Crippen MR) is 50.1 cm³/mol.